The van der Waals surface area contributed by atoms with Crippen LogP contribution in [0.5, 0.6) is 0 Å². The molecule has 0 aliphatic heterocycles. The van der Waals surface area contributed by atoms with Crippen molar-refractivity contribution in [3.63, 3.8) is 0 Å². The van der Waals surface area contributed by atoms with E-state index in [0.717, 1.165) is 18.4 Å². The van der Waals surface area contributed by atoms with Gasteiger partial charge in [-0.15, -0.1) is 11.6 Å². The number of carbonyl (C=O) groups is 1. The van der Waals surface area contributed by atoms with E-state index in [1.54, 1.807) is 12.1 Å². The number of aryl methyl sites for hydroxylation is 1. The molecular weight excluding hydrogens is 257 g/mol. The molecule has 0 N–H and O–H groups in total. The highest BCUT2D eigenvalue weighted by atomic mass is 35.5. The third kappa shape index (κ3) is 2.93. The highest BCUT2D eigenvalue weighted by molar-refractivity contribution is 6.31. The molecule has 92 valence electrons. The molecule has 0 spiro atoms. The summed E-state index contributed by atoms with van der Waals surface area (Å²) in [6.45, 7) is 2.52. The van der Waals surface area contributed by atoms with Crippen LogP contribution in [0.2, 0.25) is 5.02 Å². The Morgan fingerprint density at radius 2 is 2.18 bits per heavy atom. The van der Waals surface area contributed by atoms with Crippen molar-refractivity contribution in [1.82, 2.24) is 4.90 Å². The number of carbonyl (C=O) groups excluding carboxylic acids is 1. The zero-order valence-electron chi connectivity index (χ0n) is 9.75. The molecule has 2 rings (SSSR count). The van der Waals surface area contributed by atoms with Crippen LogP contribution in [0.15, 0.2) is 18.2 Å². The van der Waals surface area contributed by atoms with E-state index in [1.165, 1.54) is 0 Å². The van der Waals surface area contributed by atoms with Gasteiger partial charge in [0.05, 0.1) is 0 Å². The molecule has 1 fully saturated rings. The van der Waals surface area contributed by atoms with Crippen molar-refractivity contribution in [2.24, 2.45) is 0 Å². The fraction of sp³-hybridized carbons (Fsp3) is 0.462. The lowest BCUT2D eigenvalue weighted by atomic mass is 10.1. The fourth-order valence-electron chi connectivity index (χ4n) is 1.87. The first-order valence-corrected chi connectivity index (χ1v) is 6.68. The van der Waals surface area contributed by atoms with Crippen molar-refractivity contribution < 1.29 is 4.79 Å². The molecule has 1 aliphatic carbocycles. The molecule has 0 heterocycles. The molecule has 0 saturated heterocycles. The van der Waals surface area contributed by atoms with E-state index >= 15 is 0 Å². The van der Waals surface area contributed by atoms with Gasteiger partial charge in [0.2, 0.25) is 0 Å². The van der Waals surface area contributed by atoms with Gasteiger partial charge in [-0.3, -0.25) is 4.79 Å². The minimum absolute atomic E-state index is 0.0629. The van der Waals surface area contributed by atoms with Gasteiger partial charge < -0.3 is 4.90 Å². The molecule has 0 bridgehead atoms. The lowest BCUT2D eigenvalue weighted by Crippen LogP contribution is -2.34. The maximum atomic E-state index is 12.3. The smallest absolute Gasteiger partial charge is 0.254 e. The van der Waals surface area contributed by atoms with E-state index < -0.39 is 0 Å². The van der Waals surface area contributed by atoms with Gasteiger partial charge in [-0.2, -0.15) is 0 Å². The van der Waals surface area contributed by atoms with Gasteiger partial charge in [0.1, 0.15) is 0 Å². The molecule has 0 atom stereocenters. The zero-order chi connectivity index (χ0) is 12.4. The minimum atomic E-state index is 0.0629. The number of amides is 1. The van der Waals surface area contributed by atoms with Crippen LogP contribution in [-0.4, -0.2) is 29.3 Å². The zero-order valence-corrected chi connectivity index (χ0v) is 11.3. The largest absolute Gasteiger partial charge is 0.334 e. The van der Waals surface area contributed by atoms with E-state index in [-0.39, 0.29) is 5.91 Å². The first-order chi connectivity index (χ1) is 8.13. The monoisotopic (exact) mass is 271 g/mol. The highest BCUT2D eigenvalue weighted by Gasteiger charge is 2.32. The first kappa shape index (κ1) is 12.7. The predicted octanol–water partition coefficient (Wildman–Crippen LogP) is 3.49. The summed E-state index contributed by atoms with van der Waals surface area (Å²) in [5.74, 6) is 0.544. The summed E-state index contributed by atoms with van der Waals surface area (Å²) in [7, 11) is 0. The van der Waals surface area contributed by atoms with Crippen molar-refractivity contribution in [2.45, 2.75) is 25.8 Å². The lowest BCUT2D eigenvalue weighted by molar-refractivity contribution is 0.0753. The van der Waals surface area contributed by atoms with Crippen LogP contribution in [0.1, 0.15) is 28.8 Å². The molecule has 0 unspecified atom stereocenters. The molecular formula is C13H15Cl2NO. The number of benzene rings is 1. The molecule has 1 aromatic rings. The predicted molar refractivity (Wildman–Crippen MR) is 71.0 cm³/mol. The Kier molecular flexibility index (Phi) is 3.95. The van der Waals surface area contributed by atoms with Crippen LogP contribution in [0.25, 0.3) is 0 Å². The topological polar surface area (TPSA) is 20.3 Å². The highest BCUT2D eigenvalue weighted by Crippen LogP contribution is 2.28. The first-order valence-electron chi connectivity index (χ1n) is 5.76. The summed E-state index contributed by atoms with van der Waals surface area (Å²) in [6, 6.07) is 5.78. The Morgan fingerprint density at radius 3 is 2.71 bits per heavy atom. The number of hydrogen-bond acceptors (Lipinski definition) is 1. The van der Waals surface area contributed by atoms with Gasteiger partial charge in [0, 0.05) is 29.1 Å². The second-order valence-corrected chi connectivity index (χ2v) is 5.17. The molecule has 1 amide bonds. The number of halogens is 2. The van der Waals surface area contributed by atoms with E-state index in [9.17, 15) is 4.79 Å². The Balaban J connectivity index is 2.19. The molecule has 1 aromatic carbocycles. The molecule has 0 aromatic heterocycles. The van der Waals surface area contributed by atoms with Gasteiger partial charge in [-0.05, 0) is 43.5 Å². The van der Waals surface area contributed by atoms with Crippen molar-refractivity contribution in [2.75, 3.05) is 12.4 Å². The van der Waals surface area contributed by atoms with Crippen LogP contribution in [0, 0.1) is 6.92 Å². The normalized spacial score (nSPS) is 14.8. The van der Waals surface area contributed by atoms with Crippen LogP contribution < -0.4 is 0 Å². The SMILES string of the molecule is Cc1cc(C(=O)N(CCCl)C2CC2)ccc1Cl. The number of hydrogen-bond donors (Lipinski definition) is 0. The third-order valence-electron chi connectivity index (χ3n) is 2.98. The van der Waals surface area contributed by atoms with Gasteiger partial charge in [0.15, 0.2) is 0 Å². The average molecular weight is 272 g/mol. The maximum absolute atomic E-state index is 12.3. The molecule has 4 heteroatoms. The standard InChI is InChI=1S/C13H15Cl2NO/c1-9-8-10(2-5-12(9)15)13(17)16(7-6-14)11-3-4-11/h2,5,8,11H,3-4,6-7H2,1H3. The third-order valence-corrected chi connectivity index (χ3v) is 3.57. The summed E-state index contributed by atoms with van der Waals surface area (Å²) < 4.78 is 0. The molecule has 1 aliphatic rings. The Hall–Kier alpha value is -0.730. The fourth-order valence-corrected chi connectivity index (χ4v) is 2.17. The molecule has 17 heavy (non-hydrogen) atoms. The quantitative estimate of drug-likeness (QED) is 0.768. The Bertz CT molecular complexity index is 429. The minimum Gasteiger partial charge on any atom is -0.334 e. The number of rotatable bonds is 4. The van der Waals surface area contributed by atoms with Gasteiger partial charge in [-0.1, -0.05) is 11.6 Å². The summed E-state index contributed by atoms with van der Waals surface area (Å²) in [4.78, 5) is 14.2. The second kappa shape index (κ2) is 5.28. The van der Waals surface area contributed by atoms with E-state index in [1.807, 2.05) is 17.9 Å². The van der Waals surface area contributed by atoms with Crippen LogP contribution >= 0.6 is 23.2 Å². The van der Waals surface area contributed by atoms with Crippen molar-refractivity contribution in [3.8, 4) is 0 Å². The lowest BCUT2D eigenvalue weighted by Gasteiger charge is -2.21. The van der Waals surface area contributed by atoms with Crippen molar-refractivity contribution in [1.29, 1.82) is 0 Å². The van der Waals surface area contributed by atoms with Crippen molar-refractivity contribution >= 4 is 29.1 Å². The maximum Gasteiger partial charge on any atom is 0.254 e. The van der Waals surface area contributed by atoms with Gasteiger partial charge in [-0.25, -0.2) is 0 Å². The van der Waals surface area contributed by atoms with Gasteiger partial charge >= 0.3 is 0 Å². The van der Waals surface area contributed by atoms with E-state index in [0.29, 0.717) is 29.1 Å². The number of nitrogens with zero attached hydrogens (tertiary/aromatic N) is 1. The van der Waals surface area contributed by atoms with E-state index in [2.05, 4.69) is 0 Å². The Labute approximate surface area is 112 Å². The molecule has 0 radical (unpaired) electrons. The van der Waals surface area contributed by atoms with E-state index in [4.69, 9.17) is 23.2 Å². The molecule has 1 saturated carbocycles. The van der Waals surface area contributed by atoms with Gasteiger partial charge in [0.25, 0.3) is 5.91 Å². The molecule has 2 nitrogen and oxygen atoms in total. The van der Waals surface area contributed by atoms with Crippen molar-refractivity contribution in [3.05, 3.63) is 34.3 Å². The summed E-state index contributed by atoms with van der Waals surface area (Å²) >= 11 is 11.7. The van der Waals surface area contributed by atoms with Crippen LogP contribution in [0.4, 0.5) is 0 Å². The van der Waals surface area contributed by atoms with Crippen LogP contribution in [0.3, 0.4) is 0 Å². The summed E-state index contributed by atoms with van der Waals surface area (Å²) in [5.41, 5.74) is 1.63. The second-order valence-electron chi connectivity index (χ2n) is 4.38. The summed E-state index contributed by atoms with van der Waals surface area (Å²) in [6.07, 6.45) is 2.18. The van der Waals surface area contributed by atoms with Crippen LogP contribution in [-0.2, 0) is 0 Å². The number of alkyl halides is 1. The Morgan fingerprint density at radius 1 is 1.47 bits per heavy atom. The summed E-state index contributed by atoms with van der Waals surface area (Å²) in [5, 5.41) is 0.692. The average Bonchev–Trinajstić information content (AvgIpc) is 3.13.